The van der Waals surface area contributed by atoms with Crippen LogP contribution >= 0.6 is 23.1 Å². The molecule has 8 nitrogen and oxygen atoms in total. The molecule has 0 aliphatic heterocycles. The number of thiazole rings is 1. The molecule has 0 saturated carbocycles. The Kier molecular flexibility index (Phi) is 8.45. The Labute approximate surface area is 199 Å². The quantitative estimate of drug-likeness (QED) is 0.376. The fraction of sp³-hybridized carbons (Fsp3) is 0.217. The number of nitrogens with zero attached hydrogens (tertiary/aromatic N) is 1. The van der Waals surface area contributed by atoms with Gasteiger partial charge in [0.05, 0.1) is 35.7 Å². The van der Waals surface area contributed by atoms with Crippen molar-refractivity contribution in [1.29, 1.82) is 0 Å². The second kappa shape index (κ2) is 11.5. The molecule has 3 rings (SSSR count). The lowest BCUT2D eigenvalue weighted by Crippen LogP contribution is -2.19. The van der Waals surface area contributed by atoms with Gasteiger partial charge >= 0.3 is 0 Å². The number of benzene rings is 2. The molecule has 33 heavy (non-hydrogen) atoms. The van der Waals surface area contributed by atoms with Crippen molar-refractivity contribution < 1.29 is 19.1 Å². The van der Waals surface area contributed by atoms with Gasteiger partial charge in [-0.3, -0.25) is 14.4 Å². The first kappa shape index (κ1) is 24.3. The maximum Gasteiger partial charge on any atom is 0.257 e. The molecule has 1 heterocycles. The number of nitrogens with two attached hydrogens (primary N) is 1. The molecule has 0 spiro atoms. The zero-order valence-electron chi connectivity index (χ0n) is 18.2. The van der Waals surface area contributed by atoms with Gasteiger partial charge in [0.15, 0.2) is 4.34 Å². The van der Waals surface area contributed by atoms with Gasteiger partial charge in [-0.1, -0.05) is 23.9 Å². The second-order valence-electron chi connectivity index (χ2n) is 6.93. The van der Waals surface area contributed by atoms with Gasteiger partial charge in [-0.05, 0) is 50.2 Å². The van der Waals surface area contributed by atoms with Crippen molar-refractivity contribution >= 4 is 52.2 Å². The minimum atomic E-state index is -0.420. The van der Waals surface area contributed by atoms with Crippen molar-refractivity contribution in [2.45, 2.75) is 24.6 Å². The number of thioether (sulfide) groups is 1. The van der Waals surface area contributed by atoms with Gasteiger partial charge in [-0.15, -0.1) is 11.3 Å². The number of anilines is 2. The molecule has 0 radical (unpaired) electrons. The molecule has 0 saturated heterocycles. The first-order valence-electron chi connectivity index (χ1n) is 10.2. The van der Waals surface area contributed by atoms with Crippen LogP contribution in [0.4, 0.5) is 11.4 Å². The van der Waals surface area contributed by atoms with E-state index in [-0.39, 0.29) is 24.0 Å². The second-order valence-corrected chi connectivity index (χ2v) is 9.23. The molecule has 0 aliphatic carbocycles. The molecule has 2 aromatic carbocycles. The molecule has 3 amide bonds. The van der Waals surface area contributed by atoms with Crippen molar-refractivity contribution in [3.63, 3.8) is 0 Å². The number of aryl methyl sites for hydroxylation is 1. The monoisotopic (exact) mass is 484 g/mol. The molecule has 0 fully saturated rings. The van der Waals surface area contributed by atoms with Gasteiger partial charge < -0.3 is 21.1 Å². The Bertz CT molecular complexity index is 1150. The third-order valence-corrected chi connectivity index (χ3v) is 6.70. The SMILES string of the molecule is CCOc1ccc(NC(=O)c2ccccc2NC(=O)CSc2nc(C)c(CC(N)=O)s2)cc1. The number of primary amides is 1. The first-order valence-corrected chi connectivity index (χ1v) is 12.0. The van der Waals surface area contributed by atoms with Crippen LogP contribution in [0.5, 0.6) is 5.75 Å². The van der Waals surface area contributed by atoms with Crippen LogP contribution in [0.15, 0.2) is 52.9 Å². The number of hydrogen-bond donors (Lipinski definition) is 3. The summed E-state index contributed by atoms with van der Waals surface area (Å²) in [7, 11) is 0. The van der Waals surface area contributed by atoms with E-state index in [0.717, 1.165) is 16.3 Å². The zero-order chi connectivity index (χ0) is 23.8. The molecule has 0 unspecified atom stereocenters. The van der Waals surface area contributed by atoms with Gasteiger partial charge in [0.25, 0.3) is 5.91 Å². The molecule has 0 aliphatic rings. The number of carbonyl (C=O) groups is 3. The Morgan fingerprint density at radius 3 is 2.52 bits per heavy atom. The summed E-state index contributed by atoms with van der Waals surface area (Å²) in [5.74, 6) is -0.202. The van der Waals surface area contributed by atoms with Crippen LogP contribution in [0.2, 0.25) is 0 Å². The molecule has 172 valence electrons. The topological polar surface area (TPSA) is 123 Å². The van der Waals surface area contributed by atoms with Gasteiger partial charge in [0.1, 0.15) is 5.75 Å². The number of carbonyl (C=O) groups excluding carboxylic acids is 3. The standard InChI is InChI=1S/C23H24N4O4S2/c1-3-31-16-10-8-15(9-11-16)26-22(30)17-6-4-5-7-18(17)27-21(29)13-32-23-25-14(2)19(33-23)12-20(24)28/h4-11H,3,12-13H2,1-2H3,(H2,24,28)(H,26,30)(H,27,29). The van der Waals surface area contributed by atoms with Crippen LogP contribution < -0.4 is 21.1 Å². The van der Waals surface area contributed by atoms with E-state index in [4.69, 9.17) is 10.5 Å². The van der Waals surface area contributed by atoms with E-state index >= 15 is 0 Å². The van der Waals surface area contributed by atoms with Gasteiger partial charge in [0.2, 0.25) is 11.8 Å². The molecule has 0 atom stereocenters. The van der Waals surface area contributed by atoms with Crippen LogP contribution in [-0.2, 0) is 16.0 Å². The molecular weight excluding hydrogens is 460 g/mol. The van der Waals surface area contributed by atoms with Gasteiger partial charge in [-0.25, -0.2) is 4.98 Å². The minimum Gasteiger partial charge on any atom is -0.494 e. The van der Waals surface area contributed by atoms with Crippen molar-refractivity contribution in [3.05, 3.63) is 64.7 Å². The van der Waals surface area contributed by atoms with Crippen molar-refractivity contribution in [2.24, 2.45) is 5.73 Å². The molecule has 3 aromatic rings. The van der Waals surface area contributed by atoms with E-state index < -0.39 is 5.91 Å². The lowest BCUT2D eigenvalue weighted by atomic mass is 10.1. The Morgan fingerprint density at radius 2 is 1.82 bits per heavy atom. The summed E-state index contributed by atoms with van der Waals surface area (Å²) in [5.41, 5.74) is 7.36. The number of hydrogen-bond acceptors (Lipinski definition) is 7. The first-order chi connectivity index (χ1) is 15.9. The van der Waals surface area contributed by atoms with Crippen molar-refractivity contribution in [3.8, 4) is 5.75 Å². The van der Waals surface area contributed by atoms with Crippen LogP contribution in [0.3, 0.4) is 0 Å². The smallest absolute Gasteiger partial charge is 0.257 e. The van der Waals surface area contributed by atoms with E-state index in [1.807, 2.05) is 6.92 Å². The van der Waals surface area contributed by atoms with E-state index in [1.165, 1.54) is 23.1 Å². The summed E-state index contributed by atoms with van der Waals surface area (Å²) in [6.45, 7) is 4.27. The summed E-state index contributed by atoms with van der Waals surface area (Å²) < 4.78 is 6.09. The van der Waals surface area contributed by atoms with Crippen LogP contribution in [0, 0.1) is 6.92 Å². The Balaban J connectivity index is 1.61. The largest absolute Gasteiger partial charge is 0.494 e. The summed E-state index contributed by atoms with van der Waals surface area (Å²) >= 11 is 2.61. The van der Waals surface area contributed by atoms with E-state index in [1.54, 1.807) is 55.5 Å². The summed E-state index contributed by atoms with van der Waals surface area (Å²) in [4.78, 5) is 41.6. The lowest BCUT2D eigenvalue weighted by molar-refractivity contribution is -0.117. The van der Waals surface area contributed by atoms with Gasteiger partial charge in [0, 0.05) is 10.6 Å². The average molecular weight is 485 g/mol. The van der Waals surface area contributed by atoms with E-state index in [2.05, 4.69) is 15.6 Å². The summed E-state index contributed by atoms with van der Waals surface area (Å²) in [6, 6.07) is 13.9. The predicted molar refractivity (Wildman–Crippen MR) is 131 cm³/mol. The number of rotatable bonds is 10. The average Bonchev–Trinajstić information content (AvgIpc) is 3.12. The fourth-order valence-corrected chi connectivity index (χ4v) is 4.93. The number of ether oxygens (including phenoxy) is 1. The number of para-hydroxylation sites is 1. The zero-order valence-corrected chi connectivity index (χ0v) is 19.8. The molecule has 1 aromatic heterocycles. The Hall–Kier alpha value is -3.37. The normalized spacial score (nSPS) is 10.5. The summed E-state index contributed by atoms with van der Waals surface area (Å²) in [5, 5.41) is 5.62. The van der Waals surface area contributed by atoms with Crippen LogP contribution in [0.25, 0.3) is 0 Å². The van der Waals surface area contributed by atoms with E-state index in [9.17, 15) is 14.4 Å². The highest BCUT2D eigenvalue weighted by atomic mass is 32.2. The molecule has 10 heteroatoms. The number of nitrogens with one attached hydrogen (secondary N) is 2. The minimum absolute atomic E-state index is 0.109. The van der Waals surface area contributed by atoms with Gasteiger partial charge in [-0.2, -0.15) is 0 Å². The maximum absolute atomic E-state index is 12.8. The number of amides is 3. The molecule has 4 N–H and O–H groups in total. The summed E-state index contributed by atoms with van der Waals surface area (Å²) in [6.07, 6.45) is 0.132. The third-order valence-electron chi connectivity index (χ3n) is 4.40. The maximum atomic E-state index is 12.8. The number of aromatic nitrogens is 1. The highest BCUT2D eigenvalue weighted by molar-refractivity contribution is 8.01. The third kappa shape index (κ3) is 7.06. The van der Waals surface area contributed by atoms with Crippen LogP contribution in [-0.4, -0.2) is 35.1 Å². The molecule has 0 bridgehead atoms. The van der Waals surface area contributed by atoms with E-state index in [0.29, 0.717) is 27.9 Å². The fourth-order valence-electron chi connectivity index (χ4n) is 2.89. The lowest BCUT2D eigenvalue weighted by Gasteiger charge is -2.12. The highest BCUT2D eigenvalue weighted by Crippen LogP contribution is 2.28. The van der Waals surface area contributed by atoms with Crippen LogP contribution in [0.1, 0.15) is 27.9 Å². The predicted octanol–water partition coefficient (Wildman–Crippen LogP) is 3.86. The highest BCUT2D eigenvalue weighted by Gasteiger charge is 2.15. The van der Waals surface area contributed by atoms with Crippen molar-refractivity contribution in [2.75, 3.05) is 23.0 Å². The Morgan fingerprint density at radius 1 is 1.09 bits per heavy atom. The van der Waals surface area contributed by atoms with Crippen molar-refractivity contribution in [1.82, 2.24) is 4.98 Å². The molecular formula is C23H24N4O4S2.